The Balaban J connectivity index is 1.44. The zero-order valence-corrected chi connectivity index (χ0v) is 15.8. The van der Waals surface area contributed by atoms with Crippen molar-refractivity contribution < 1.29 is 13.6 Å². The normalized spacial score (nSPS) is 16.9. The van der Waals surface area contributed by atoms with Gasteiger partial charge in [-0.3, -0.25) is 4.79 Å². The van der Waals surface area contributed by atoms with E-state index in [-0.39, 0.29) is 17.6 Å². The van der Waals surface area contributed by atoms with Crippen LogP contribution < -0.4 is 0 Å². The summed E-state index contributed by atoms with van der Waals surface area (Å²) in [5, 5.41) is 8.34. The van der Waals surface area contributed by atoms with Gasteiger partial charge in [0.1, 0.15) is 5.82 Å². The third-order valence-corrected chi connectivity index (χ3v) is 5.07. The second-order valence-corrected chi connectivity index (χ2v) is 7.30. The number of hydrogen-bond donors (Lipinski definition) is 0. The first-order valence-corrected chi connectivity index (χ1v) is 9.51. The second kappa shape index (κ2) is 7.92. The fourth-order valence-electron chi connectivity index (χ4n) is 3.60. The van der Waals surface area contributed by atoms with E-state index in [0.29, 0.717) is 30.3 Å². The van der Waals surface area contributed by atoms with Gasteiger partial charge in [-0.05, 0) is 49.6 Å². The molecular formula is C22H22FN3O2. The lowest BCUT2D eigenvalue weighted by molar-refractivity contribution is 0.0698. The number of carbonyl (C=O) groups is 1. The summed E-state index contributed by atoms with van der Waals surface area (Å²) in [6.45, 7) is 3.29. The molecule has 1 atom stereocenters. The molecule has 1 unspecified atom stereocenters. The van der Waals surface area contributed by atoms with E-state index in [1.54, 1.807) is 12.1 Å². The standard InChI is InChI=1S/C22H22FN3O2/c1-15-4-2-5-17(12-15)22(27)26-11-3-6-18(14-26)21-25-24-20(28-21)13-16-7-9-19(23)10-8-16/h2,4-5,7-10,12,18H,3,6,11,13-14H2,1H3. The van der Waals surface area contributed by atoms with Crippen LogP contribution in [-0.2, 0) is 6.42 Å². The van der Waals surface area contributed by atoms with Gasteiger partial charge in [0, 0.05) is 18.7 Å². The molecule has 3 aromatic rings. The molecule has 1 aromatic heterocycles. The topological polar surface area (TPSA) is 59.2 Å². The van der Waals surface area contributed by atoms with Gasteiger partial charge in [-0.2, -0.15) is 0 Å². The van der Waals surface area contributed by atoms with Crippen molar-refractivity contribution in [2.75, 3.05) is 13.1 Å². The molecule has 144 valence electrons. The highest BCUT2D eigenvalue weighted by Crippen LogP contribution is 2.27. The van der Waals surface area contributed by atoms with Crippen LogP contribution in [0.15, 0.2) is 52.9 Å². The molecule has 0 spiro atoms. The summed E-state index contributed by atoms with van der Waals surface area (Å²) in [6.07, 6.45) is 2.28. The van der Waals surface area contributed by atoms with Crippen LogP contribution in [-0.4, -0.2) is 34.1 Å². The average Bonchev–Trinajstić information content (AvgIpc) is 3.18. The Kier molecular flexibility index (Phi) is 5.19. The lowest BCUT2D eigenvalue weighted by Crippen LogP contribution is -2.39. The van der Waals surface area contributed by atoms with Crippen molar-refractivity contribution in [3.05, 3.63) is 82.8 Å². The van der Waals surface area contributed by atoms with Crippen LogP contribution in [0.4, 0.5) is 4.39 Å². The number of halogens is 1. The monoisotopic (exact) mass is 379 g/mol. The first kappa shape index (κ1) is 18.3. The molecule has 2 heterocycles. The summed E-state index contributed by atoms with van der Waals surface area (Å²) in [5.41, 5.74) is 2.70. The molecule has 4 rings (SSSR count). The van der Waals surface area contributed by atoms with E-state index in [1.165, 1.54) is 12.1 Å². The van der Waals surface area contributed by atoms with Crippen molar-refractivity contribution in [3.63, 3.8) is 0 Å². The number of rotatable bonds is 4. The van der Waals surface area contributed by atoms with Crippen LogP contribution in [0.1, 0.15) is 52.0 Å². The molecule has 0 saturated carbocycles. The van der Waals surface area contributed by atoms with Crippen LogP contribution in [0.5, 0.6) is 0 Å². The van der Waals surface area contributed by atoms with E-state index < -0.39 is 0 Å². The van der Waals surface area contributed by atoms with Crippen molar-refractivity contribution in [1.29, 1.82) is 0 Å². The largest absolute Gasteiger partial charge is 0.425 e. The number of likely N-dealkylation sites (tertiary alicyclic amines) is 1. The maximum Gasteiger partial charge on any atom is 0.253 e. The highest BCUT2D eigenvalue weighted by Gasteiger charge is 2.29. The van der Waals surface area contributed by atoms with Crippen molar-refractivity contribution in [2.45, 2.75) is 32.1 Å². The summed E-state index contributed by atoms with van der Waals surface area (Å²) in [4.78, 5) is 14.7. The number of aromatic nitrogens is 2. The first-order chi connectivity index (χ1) is 13.6. The van der Waals surface area contributed by atoms with Crippen LogP contribution in [0.2, 0.25) is 0 Å². The van der Waals surface area contributed by atoms with Crippen molar-refractivity contribution in [3.8, 4) is 0 Å². The number of amides is 1. The molecule has 1 saturated heterocycles. The molecule has 0 aliphatic carbocycles. The maximum absolute atomic E-state index is 13.0. The van der Waals surface area contributed by atoms with Gasteiger partial charge in [-0.25, -0.2) is 4.39 Å². The molecule has 0 N–H and O–H groups in total. The van der Waals surface area contributed by atoms with Gasteiger partial charge in [0.05, 0.1) is 12.3 Å². The zero-order valence-electron chi connectivity index (χ0n) is 15.8. The highest BCUT2D eigenvalue weighted by molar-refractivity contribution is 5.94. The lowest BCUT2D eigenvalue weighted by atomic mass is 9.97. The molecule has 1 aliphatic rings. The van der Waals surface area contributed by atoms with Crippen LogP contribution in [0.25, 0.3) is 0 Å². The fourth-order valence-corrected chi connectivity index (χ4v) is 3.60. The number of aryl methyl sites for hydroxylation is 1. The molecule has 0 radical (unpaired) electrons. The molecule has 5 nitrogen and oxygen atoms in total. The van der Waals surface area contributed by atoms with Crippen LogP contribution in [0, 0.1) is 12.7 Å². The quantitative estimate of drug-likeness (QED) is 0.684. The number of piperidine rings is 1. The van der Waals surface area contributed by atoms with Crippen LogP contribution in [0.3, 0.4) is 0 Å². The maximum atomic E-state index is 13.0. The molecule has 1 fully saturated rings. The summed E-state index contributed by atoms with van der Waals surface area (Å²) in [5.74, 6) is 0.884. The third kappa shape index (κ3) is 4.11. The smallest absolute Gasteiger partial charge is 0.253 e. The number of benzene rings is 2. The first-order valence-electron chi connectivity index (χ1n) is 9.51. The molecule has 2 aromatic carbocycles. The zero-order chi connectivity index (χ0) is 19.5. The van der Waals surface area contributed by atoms with E-state index in [9.17, 15) is 9.18 Å². The third-order valence-electron chi connectivity index (χ3n) is 5.07. The molecule has 1 aliphatic heterocycles. The summed E-state index contributed by atoms with van der Waals surface area (Å²) >= 11 is 0. The molecule has 6 heteroatoms. The highest BCUT2D eigenvalue weighted by atomic mass is 19.1. The minimum absolute atomic E-state index is 0.0389. The second-order valence-electron chi connectivity index (χ2n) is 7.30. The predicted octanol–water partition coefficient (Wildman–Crippen LogP) is 4.13. The van der Waals surface area contributed by atoms with Gasteiger partial charge in [0.15, 0.2) is 0 Å². The SMILES string of the molecule is Cc1cccc(C(=O)N2CCCC(c3nnc(Cc4ccc(F)cc4)o3)C2)c1. The number of nitrogens with zero attached hydrogens (tertiary/aromatic N) is 3. The molecular weight excluding hydrogens is 357 g/mol. The van der Waals surface area contributed by atoms with E-state index in [4.69, 9.17) is 4.42 Å². The van der Waals surface area contributed by atoms with Crippen molar-refractivity contribution in [1.82, 2.24) is 15.1 Å². The Morgan fingerprint density at radius 2 is 2.04 bits per heavy atom. The van der Waals surface area contributed by atoms with Gasteiger partial charge in [-0.1, -0.05) is 29.8 Å². The Morgan fingerprint density at radius 1 is 1.21 bits per heavy atom. The van der Waals surface area contributed by atoms with E-state index in [1.807, 2.05) is 36.1 Å². The van der Waals surface area contributed by atoms with E-state index >= 15 is 0 Å². The number of hydrogen-bond acceptors (Lipinski definition) is 4. The van der Waals surface area contributed by atoms with Gasteiger partial charge in [-0.15, -0.1) is 10.2 Å². The fraction of sp³-hybridized carbons (Fsp3) is 0.318. The summed E-state index contributed by atoms with van der Waals surface area (Å²) in [7, 11) is 0. The minimum atomic E-state index is -0.268. The molecule has 28 heavy (non-hydrogen) atoms. The Hall–Kier alpha value is -3.02. The lowest BCUT2D eigenvalue weighted by Gasteiger charge is -2.31. The molecule has 1 amide bonds. The van der Waals surface area contributed by atoms with Gasteiger partial charge >= 0.3 is 0 Å². The Morgan fingerprint density at radius 3 is 2.82 bits per heavy atom. The van der Waals surface area contributed by atoms with Gasteiger partial charge < -0.3 is 9.32 Å². The average molecular weight is 379 g/mol. The Bertz CT molecular complexity index is 968. The minimum Gasteiger partial charge on any atom is -0.425 e. The van der Waals surface area contributed by atoms with Gasteiger partial charge in [0.2, 0.25) is 11.8 Å². The van der Waals surface area contributed by atoms with Crippen molar-refractivity contribution in [2.24, 2.45) is 0 Å². The van der Waals surface area contributed by atoms with E-state index in [2.05, 4.69) is 10.2 Å². The summed E-state index contributed by atoms with van der Waals surface area (Å²) < 4.78 is 18.9. The predicted molar refractivity (Wildman–Crippen MR) is 103 cm³/mol. The van der Waals surface area contributed by atoms with E-state index in [0.717, 1.165) is 30.5 Å². The van der Waals surface area contributed by atoms with Crippen molar-refractivity contribution >= 4 is 5.91 Å². The Labute approximate surface area is 163 Å². The van der Waals surface area contributed by atoms with Gasteiger partial charge in [0.25, 0.3) is 5.91 Å². The summed E-state index contributed by atoms with van der Waals surface area (Å²) in [6, 6.07) is 13.9. The molecule has 0 bridgehead atoms. The van der Waals surface area contributed by atoms with Crippen LogP contribution >= 0.6 is 0 Å². The number of carbonyl (C=O) groups excluding carboxylic acids is 1.